The predicted molar refractivity (Wildman–Crippen MR) is 139 cm³/mol. The zero-order valence-corrected chi connectivity index (χ0v) is 21.5. The number of amides is 2. The van der Waals surface area contributed by atoms with E-state index < -0.39 is 0 Å². The first-order valence-electron chi connectivity index (χ1n) is 11.5. The fourth-order valence-corrected chi connectivity index (χ4v) is 5.96. The molecule has 0 saturated carbocycles. The molecule has 2 amide bonds. The van der Waals surface area contributed by atoms with Gasteiger partial charge in [0.15, 0.2) is 0 Å². The van der Waals surface area contributed by atoms with Crippen LogP contribution in [0.5, 0.6) is 0 Å². The molecule has 0 spiro atoms. The molecule has 1 fully saturated rings. The number of imide groups is 1. The molecule has 2 aromatic rings. The second kappa shape index (κ2) is 9.19. The highest BCUT2D eigenvalue weighted by Gasteiger charge is 2.37. The largest absolute Gasteiger partial charge is 0.366 e. The molecule has 2 aliphatic rings. The van der Waals surface area contributed by atoms with Crippen LogP contribution in [0.25, 0.3) is 6.08 Å². The first-order chi connectivity index (χ1) is 15.6. The number of anilines is 1. The van der Waals surface area contributed by atoms with Gasteiger partial charge in [-0.05, 0) is 104 Å². The van der Waals surface area contributed by atoms with Crippen LogP contribution in [0.1, 0.15) is 68.7 Å². The number of halogens is 1. The number of carbonyl (C=O) groups is 2. The van der Waals surface area contributed by atoms with Crippen LogP contribution in [-0.2, 0) is 11.3 Å². The van der Waals surface area contributed by atoms with Crippen LogP contribution in [0.4, 0.5) is 10.5 Å². The summed E-state index contributed by atoms with van der Waals surface area (Å²) in [5.41, 5.74) is 5.73. The monoisotopic (exact) mass is 482 g/mol. The highest BCUT2D eigenvalue weighted by Crippen LogP contribution is 2.45. The quantitative estimate of drug-likeness (QED) is 0.416. The fourth-order valence-electron chi connectivity index (χ4n) is 5.00. The number of aryl methyl sites for hydroxylation is 1. The molecule has 0 aliphatic carbocycles. The highest BCUT2D eigenvalue weighted by molar-refractivity contribution is 8.18. The number of nitrogens with zero attached hydrogens (tertiary/aromatic N) is 2. The van der Waals surface area contributed by atoms with E-state index in [9.17, 15) is 9.59 Å². The Balaban J connectivity index is 1.64. The molecule has 4 rings (SSSR count). The fraction of sp³-hybridized carbons (Fsp3) is 0.407. The van der Waals surface area contributed by atoms with Crippen molar-refractivity contribution in [2.75, 3.05) is 11.4 Å². The molecule has 2 aliphatic heterocycles. The lowest BCUT2D eigenvalue weighted by atomic mass is 9.79. The van der Waals surface area contributed by atoms with E-state index in [2.05, 4.69) is 51.7 Å². The lowest BCUT2D eigenvalue weighted by Gasteiger charge is -2.48. The lowest BCUT2D eigenvalue weighted by Crippen LogP contribution is -2.48. The number of fused-ring (bicyclic) bond motifs is 1. The van der Waals surface area contributed by atoms with Gasteiger partial charge in [0, 0.05) is 22.8 Å². The maximum Gasteiger partial charge on any atom is 0.293 e. The molecule has 33 heavy (non-hydrogen) atoms. The van der Waals surface area contributed by atoms with E-state index in [0.29, 0.717) is 15.8 Å². The summed E-state index contributed by atoms with van der Waals surface area (Å²) >= 11 is 6.97. The van der Waals surface area contributed by atoms with Crippen molar-refractivity contribution in [1.82, 2.24) is 4.90 Å². The van der Waals surface area contributed by atoms with Crippen LogP contribution >= 0.6 is 23.4 Å². The van der Waals surface area contributed by atoms with Crippen molar-refractivity contribution in [3.05, 3.63) is 68.6 Å². The Morgan fingerprint density at radius 2 is 1.88 bits per heavy atom. The Morgan fingerprint density at radius 1 is 1.18 bits per heavy atom. The van der Waals surface area contributed by atoms with Gasteiger partial charge in [0.25, 0.3) is 11.1 Å². The summed E-state index contributed by atoms with van der Waals surface area (Å²) in [6.07, 6.45) is 4.07. The Labute approximate surface area is 206 Å². The summed E-state index contributed by atoms with van der Waals surface area (Å²) in [7, 11) is 0. The highest BCUT2D eigenvalue weighted by atomic mass is 35.5. The van der Waals surface area contributed by atoms with E-state index in [1.807, 2.05) is 18.2 Å². The minimum atomic E-state index is -0.237. The average molecular weight is 483 g/mol. The van der Waals surface area contributed by atoms with Gasteiger partial charge in [0.2, 0.25) is 0 Å². The number of hydrogen-bond acceptors (Lipinski definition) is 4. The molecule has 1 unspecified atom stereocenters. The third-order valence-electron chi connectivity index (χ3n) is 6.63. The molecule has 0 N–H and O–H groups in total. The summed E-state index contributed by atoms with van der Waals surface area (Å²) in [5, 5.41) is 0.395. The molecule has 0 bridgehead atoms. The SMILES string of the molecule is CCCN1c2cc(C)c(/C=C3/SC(=O)N(Cc4ccc(Cl)cc4)C3=O)cc2C(C)CC1(C)C. The minimum absolute atomic E-state index is 0.112. The van der Waals surface area contributed by atoms with E-state index >= 15 is 0 Å². The van der Waals surface area contributed by atoms with Crippen LogP contribution in [0.3, 0.4) is 0 Å². The summed E-state index contributed by atoms with van der Waals surface area (Å²) in [4.78, 5) is 30.0. The van der Waals surface area contributed by atoms with Gasteiger partial charge in [0.1, 0.15) is 0 Å². The minimum Gasteiger partial charge on any atom is -0.366 e. The van der Waals surface area contributed by atoms with Crippen molar-refractivity contribution in [1.29, 1.82) is 0 Å². The molecule has 0 radical (unpaired) electrons. The molecular formula is C27H31ClN2O2S. The summed E-state index contributed by atoms with van der Waals surface area (Å²) < 4.78 is 0. The average Bonchev–Trinajstić information content (AvgIpc) is 3.00. The van der Waals surface area contributed by atoms with Gasteiger partial charge in [-0.2, -0.15) is 0 Å². The predicted octanol–water partition coefficient (Wildman–Crippen LogP) is 7.39. The van der Waals surface area contributed by atoms with E-state index in [1.165, 1.54) is 16.2 Å². The second-order valence-electron chi connectivity index (χ2n) is 9.73. The Bertz CT molecular complexity index is 1120. The molecule has 4 nitrogen and oxygen atoms in total. The molecule has 174 valence electrons. The molecular weight excluding hydrogens is 452 g/mol. The van der Waals surface area contributed by atoms with Gasteiger partial charge in [-0.3, -0.25) is 14.5 Å². The van der Waals surface area contributed by atoms with Crippen LogP contribution < -0.4 is 4.90 Å². The molecule has 2 aromatic carbocycles. The molecule has 1 atom stereocenters. The zero-order valence-electron chi connectivity index (χ0n) is 19.9. The van der Waals surface area contributed by atoms with Gasteiger partial charge < -0.3 is 4.90 Å². The van der Waals surface area contributed by atoms with Gasteiger partial charge in [-0.25, -0.2) is 0 Å². The van der Waals surface area contributed by atoms with Crippen molar-refractivity contribution in [3.63, 3.8) is 0 Å². The van der Waals surface area contributed by atoms with Crippen LogP contribution in [0, 0.1) is 6.92 Å². The number of hydrogen-bond donors (Lipinski definition) is 0. The van der Waals surface area contributed by atoms with Gasteiger partial charge >= 0.3 is 0 Å². The first kappa shape index (κ1) is 23.9. The number of carbonyl (C=O) groups excluding carboxylic acids is 2. The third kappa shape index (κ3) is 4.71. The molecule has 0 aromatic heterocycles. The molecule has 1 saturated heterocycles. The molecule has 2 heterocycles. The smallest absolute Gasteiger partial charge is 0.293 e. The lowest BCUT2D eigenvalue weighted by molar-refractivity contribution is -0.123. The van der Waals surface area contributed by atoms with Crippen molar-refractivity contribution in [3.8, 4) is 0 Å². The standard InChI is InChI=1S/C27H31ClN2O2S/c1-6-11-30-23-12-17(2)20(13-22(23)18(3)15-27(30,4)5)14-24-25(31)29(26(32)33-24)16-19-7-9-21(28)10-8-19/h7-10,12-14,18H,6,11,15-16H2,1-5H3/b24-14+. The van der Waals surface area contributed by atoms with E-state index in [1.54, 1.807) is 12.1 Å². The maximum absolute atomic E-state index is 13.1. The van der Waals surface area contributed by atoms with Crippen molar-refractivity contribution < 1.29 is 9.59 Å². The van der Waals surface area contributed by atoms with Crippen LogP contribution in [0.15, 0.2) is 41.3 Å². The molecule has 6 heteroatoms. The van der Waals surface area contributed by atoms with Crippen LogP contribution in [0.2, 0.25) is 5.02 Å². The maximum atomic E-state index is 13.1. The van der Waals surface area contributed by atoms with Crippen molar-refractivity contribution in [2.24, 2.45) is 0 Å². The van der Waals surface area contributed by atoms with Crippen LogP contribution in [-0.4, -0.2) is 28.1 Å². The van der Waals surface area contributed by atoms with Gasteiger partial charge in [-0.1, -0.05) is 37.6 Å². The Hall–Kier alpha value is -2.24. The zero-order chi connectivity index (χ0) is 23.9. The summed E-state index contributed by atoms with van der Waals surface area (Å²) in [6.45, 7) is 12.5. The van der Waals surface area contributed by atoms with Crippen molar-refractivity contribution >= 4 is 46.3 Å². The summed E-state index contributed by atoms with van der Waals surface area (Å²) in [5.74, 6) is 0.190. The number of rotatable bonds is 5. The Kier molecular flexibility index (Phi) is 6.66. The summed E-state index contributed by atoms with van der Waals surface area (Å²) in [6, 6.07) is 11.7. The number of benzene rings is 2. The number of thioether (sulfide) groups is 1. The van der Waals surface area contributed by atoms with Crippen molar-refractivity contribution in [2.45, 2.75) is 65.5 Å². The normalized spacial score (nSPS) is 21.2. The van der Waals surface area contributed by atoms with Gasteiger partial charge in [0.05, 0.1) is 11.4 Å². The first-order valence-corrected chi connectivity index (χ1v) is 12.7. The Morgan fingerprint density at radius 3 is 2.55 bits per heavy atom. The van der Waals surface area contributed by atoms with Gasteiger partial charge in [-0.15, -0.1) is 0 Å². The topological polar surface area (TPSA) is 40.6 Å². The van der Waals surface area contributed by atoms with E-state index in [4.69, 9.17) is 11.6 Å². The second-order valence-corrected chi connectivity index (χ2v) is 11.2. The van der Waals surface area contributed by atoms with E-state index in [-0.39, 0.29) is 23.2 Å². The third-order valence-corrected chi connectivity index (χ3v) is 7.79. The van der Waals surface area contributed by atoms with E-state index in [0.717, 1.165) is 47.8 Å².